The third kappa shape index (κ3) is 2.62. The van der Waals surface area contributed by atoms with Crippen molar-refractivity contribution in [2.75, 3.05) is 0 Å². The molecule has 1 aromatic heterocycles. The maximum atomic E-state index is 9.95. The van der Waals surface area contributed by atoms with Crippen LogP contribution >= 0.6 is 11.3 Å². The van der Waals surface area contributed by atoms with E-state index in [-0.39, 0.29) is 17.7 Å². The minimum Gasteiger partial charge on any atom is -0.392 e. The number of thiazole rings is 1. The molecule has 1 fully saturated rings. The Morgan fingerprint density at radius 3 is 2.81 bits per heavy atom. The molecule has 0 spiro atoms. The SMILES string of the molecule is CC(C)(N[C@@H]1CCCC[C@H]1O)c1nccs1. The number of nitrogens with zero attached hydrogens (tertiary/aromatic N) is 1. The van der Waals surface area contributed by atoms with Crippen LogP contribution in [0.15, 0.2) is 11.6 Å². The Bertz CT molecular complexity index is 324. The standard InChI is InChI=1S/C12H20N2OS/c1-12(2,11-13-7-8-16-11)14-9-5-3-4-6-10(9)15/h7-10,14-15H,3-6H2,1-2H3/t9-,10-/m1/s1. The molecule has 16 heavy (non-hydrogen) atoms. The fourth-order valence-corrected chi connectivity index (χ4v) is 3.06. The largest absolute Gasteiger partial charge is 0.392 e. The fourth-order valence-electron chi connectivity index (χ4n) is 2.34. The van der Waals surface area contributed by atoms with Gasteiger partial charge in [-0.2, -0.15) is 0 Å². The molecule has 0 radical (unpaired) electrons. The van der Waals surface area contributed by atoms with Crippen molar-refractivity contribution < 1.29 is 5.11 Å². The van der Waals surface area contributed by atoms with Gasteiger partial charge in [-0.3, -0.25) is 0 Å². The smallest absolute Gasteiger partial charge is 0.112 e. The van der Waals surface area contributed by atoms with E-state index >= 15 is 0 Å². The van der Waals surface area contributed by atoms with Crippen LogP contribution in [0.25, 0.3) is 0 Å². The molecule has 0 aromatic carbocycles. The van der Waals surface area contributed by atoms with Gasteiger partial charge >= 0.3 is 0 Å². The lowest BCUT2D eigenvalue weighted by atomic mass is 9.90. The molecule has 2 N–H and O–H groups in total. The first-order valence-corrected chi connectivity index (χ1v) is 6.83. The molecule has 0 unspecified atom stereocenters. The van der Waals surface area contributed by atoms with Crippen molar-refractivity contribution in [2.24, 2.45) is 0 Å². The summed E-state index contributed by atoms with van der Waals surface area (Å²) in [5.41, 5.74) is -0.142. The van der Waals surface area contributed by atoms with Gasteiger partial charge in [0, 0.05) is 17.6 Å². The van der Waals surface area contributed by atoms with Crippen LogP contribution in [0.2, 0.25) is 0 Å². The molecule has 2 atom stereocenters. The van der Waals surface area contributed by atoms with Crippen LogP contribution in [0.3, 0.4) is 0 Å². The normalized spacial score (nSPS) is 26.9. The van der Waals surface area contributed by atoms with Crippen molar-refractivity contribution in [3.05, 3.63) is 16.6 Å². The van der Waals surface area contributed by atoms with Gasteiger partial charge in [0.15, 0.2) is 0 Å². The molecule has 0 bridgehead atoms. The Hall–Kier alpha value is -0.450. The summed E-state index contributed by atoms with van der Waals surface area (Å²) in [6.45, 7) is 4.26. The molecule has 0 amide bonds. The van der Waals surface area contributed by atoms with Crippen molar-refractivity contribution in [1.29, 1.82) is 0 Å². The molecule has 1 aliphatic rings. The summed E-state index contributed by atoms with van der Waals surface area (Å²) in [7, 11) is 0. The van der Waals surface area contributed by atoms with E-state index in [1.54, 1.807) is 11.3 Å². The van der Waals surface area contributed by atoms with E-state index in [4.69, 9.17) is 0 Å². The highest BCUT2D eigenvalue weighted by Crippen LogP contribution is 2.26. The first kappa shape index (κ1) is 12.0. The van der Waals surface area contributed by atoms with E-state index in [2.05, 4.69) is 24.1 Å². The van der Waals surface area contributed by atoms with Crippen molar-refractivity contribution in [1.82, 2.24) is 10.3 Å². The molecule has 0 aliphatic heterocycles. The van der Waals surface area contributed by atoms with Gasteiger partial charge in [-0.05, 0) is 26.7 Å². The minimum atomic E-state index is -0.201. The molecule has 4 heteroatoms. The molecular weight excluding hydrogens is 220 g/mol. The Morgan fingerprint density at radius 1 is 1.44 bits per heavy atom. The van der Waals surface area contributed by atoms with Crippen LogP contribution in [0.5, 0.6) is 0 Å². The summed E-state index contributed by atoms with van der Waals surface area (Å²) in [4.78, 5) is 4.35. The van der Waals surface area contributed by atoms with Gasteiger partial charge in [-0.25, -0.2) is 4.98 Å². The molecule has 0 saturated heterocycles. The number of hydrogen-bond donors (Lipinski definition) is 2. The van der Waals surface area contributed by atoms with Gasteiger partial charge < -0.3 is 10.4 Å². The Morgan fingerprint density at radius 2 is 2.19 bits per heavy atom. The Kier molecular flexibility index (Phi) is 3.62. The van der Waals surface area contributed by atoms with Crippen molar-refractivity contribution in [3.63, 3.8) is 0 Å². The zero-order valence-electron chi connectivity index (χ0n) is 9.94. The Labute approximate surface area is 101 Å². The highest BCUT2D eigenvalue weighted by atomic mass is 32.1. The van der Waals surface area contributed by atoms with E-state index in [0.717, 1.165) is 24.3 Å². The van der Waals surface area contributed by atoms with E-state index in [1.807, 2.05) is 11.6 Å². The van der Waals surface area contributed by atoms with E-state index in [9.17, 15) is 5.11 Å². The first-order valence-electron chi connectivity index (χ1n) is 5.95. The van der Waals surface area contributed by atoms with Crippen LogP contribution in [-0.4, -0.2) is 22.2 Å². The van der Waals surface area contributed by atoms with Gasteiger partial charge in [-0.1, -0.05) is 12.8 Å². The predicted octanol–water partition coefficient (Wildman–Crippen LogP) is 2.27. The lowest BCUT2D eigenvalue weighted by Gasteiger charge is -2.35. The molecule has 3 nitrogen and oxygen atoms in total. The maximum Gasteiger partial charge on any atom is 0.112 e. The third-order valence-corrected chi connectivity index (χ3v) is 4.34. The molecule has 1 aliphatic carbocycles. The van der Waals surface area contributed by atoms with Crippen molar-refractivity contribution in [3.8, 4) is 0 Å². The molecular formula is C12H20N2OS. The number of rotatable bonds is 3. The first-order chi connectivity index (χ1) is 7.59. The van der Waals surface area contributed by atoms with Crippen LogP contribution in [0.4, 0.5) is 0 Å². The van der Waals surface area contributed by atoms with Gasteiger partial charge in [0.2, 0.25) is 0 Å². The fraction of sp³-hybridized carbons (Fsp3) is 0.750. The zero-order valence-corrected chi connectivity index (χ0v) is 10.8. The Balaban J connectivity index is 2.02. The average Bonchev–Trinajstić information content (AvgIpc) is 2.75. The van der Waals surface area contributed by atoms with Gasteiger partial charge in [0.25, 0.3) is 0 Å². The summed E-state index contributed by atoms with van der Waals surface area (Å²) in [6, 6.07) is 0.215. The second kappa shape index (κ2) is 4.82. The number of aliphatic hydroxyl groups excluding tert-OH is 1. The molecule has 1 saturated carbocycles. The number of hydrogen-bond acceptors (Lipinski definition) is 4. The summed E-state index contributed by atoms with van der Waals surface area (Å²) < 4.78 is 0. The second-order valence-electron chi connectivity index (χ2n) is 5.06. The number of aliphatic hydroxyl groups is 1. The van der Waals surface area contributed by atoms with Crippen LogP contribution in [0.1, 0.15) is 44.5 Å². The number of aromatic nitrogens is 1. The highest BCUT2D eigenvalue weighted by Gasteiger charge is 2.31. The zero-order chi connectivity index (χ0) is 11.6. The van der Waals surface area contributed by atoms with Gasteiger partial charge in [0.05, 0.1) is 11.6 Å². The third-order valence-electron chi connectivity index (χ3n) is 3.24. The second-order valence-corrected chi connectivity index (χ2v) is 5.96. The monoisotopic (exact) mass is 240 g/mol. The molecule has 1 aromatic rings. The van der Waals surface area contributed by atoms with Crippen LogP contribution in [0, 0.1) is 0 Å². The lowest BCUT2D eigenvalue weighted by Crippen LogP contribution is -2.50. The lowest BCUT2D eigenvalue weighted by molar-refractivity contribution is 0.0755. The highest BCUT2D eigenvalue weighted by molar-refractivity contribution is 7.09. The van der Waals surface area contributed by atoms with E-state index in [0.29, 0.717) is 0 Å². The van der Waals surface area contributed by atoms with Gasteiger partial charge in [-0.15, -0.1) is 11.3 Å². The summed E-state index contributed by atoms with van der Waals surface area (Å²) in [5.74, 6) is 0. The average molecular weight is 240 g/mol. The van der Waals surface area contributed by atoms with Gasteiger partial charge in [0.1, 0.15) is 5.01 Å². The van der Waals surface area contributed by atoms with E-state index < -0.39 is 0 Å². The van der Waals surface area contributed by atoms with Crippen LogP contribution < -0.4 is 5.32 Å². The predicted molar refractivity (Wildman–Crippen MR) is 66.5 cm³/mol. The summed E-state index contributed by atoms with van der Waals surface area (Å²) >= 11 is 1.66. The molecule has 2 rings (SSSR count). The van der Waals surface area contributed by atoms with Crippen molar-refractivity contribution in [2.45, 2.75) is 57.2 Å². The molecule has 90 valence electrons. The minimum absolute atomic E-state index is 0.142. The quantitative estimate of drug-likeness (QED) is 0.852. The summed E-state index contributed by atoms with van der Waals surface area (Å²) in [6.07, 6.45) is 5.98. The maximum absolute atomic E-state index is 9.95. The molecule has 1 heterocycles. The summed E-state index contributed by atoms with van der Waals surface area (Å²) in [5, 5.41) is 16.6. The number of nitrogens with one attached hydrogen (secondary N) is 1. The van der Waals surface area contributed by atoms with Crippen molar-refractivity contribution >= 4 is 11.3 Å². The van der Waals surface area contributed by atoms with Crippen LogP contribution in [-0.2, 0) is 5.54 Å². The topological polar surface area (TPSA) is 45.1 Å². The van der Waals surface area contributed by atoms with E-state index in [1.165, 1.54) is 6.42 Å².